The van der Waals surface area contributed by atoms with Crippen molar-refractivity contribution in [3.05, 3.63) is 113 Å². The number of carbonyl (C=O) groups is 1. The van der Waals surface area contributed by atoms with E-state index in [1.165, 1.54) is 12.1 Å². The van der Waals surface area contributed by atoms with Crippen LogP contribution in [0.15, 0.2) is 95.8 Å². The highest BCUT2D eigenvalue weighted by atomic mass is 19.1. The summed E-state index contributed by atoms with van der Waals surface area (Å²) in [5.41, 5.74) is 1.77. The Bertz CT molecular complexity index is 1760. The highest BCUT2D eigenvalue weighted by Gasteiger charge is 2.32. The summed E-state index contributed by atoms with van der Waals surface area (Å²) >= 11 is 0. The summed E-state index contributed by atoms with van der Waals surface area (Å²) in [7, 11) is 0. The van der Waals surface area contributed by atoms with Crippen LogP contribution < -0.4 is 10.9 Å². The van der Waals surface area contributed by atoms with Gasteiger partial charge in [0.1, 0.15) is 11.6 Å². The second-order valence-electron chi connectivity index (χ2n) is 10.3. The fraction of sp³-hybridized carbons (Fsp3) is 0.219. The zero-order chi connectivity index (χ0) is 27.8. The van der Waals surface area contributed by atoms with E-state index in [9.17, 15) is 14.0 Å². The maximum atomic E-state index is 13.7. The number of urea groups is 1. The van der Waals surface area contributed by atoms with Crippen LogP contribution in [-0.4, -0.2) is 51.1 Å². The number of rotatable bonds is 4. The average Bonchev–Trinajstić information content (AvgIpc) is 2.97. The molecule has 1 fully saturated rings. The lowest BCUT2D eigenvalue weighted by atomic mass is 10.1. The zero-order valence-corrected chi connectivity index (χ0v) is 22.4. The molecule has 0 bridgehead atoms. The molecule has 1 N–H and O–H groups in total. The number of amides is 2. The zero-order valence-electron chi connectivity index (χ0n) is 22.4. The molecule has 1 saturated heterocycles. The van der Waals surface area contributed by atoms with Crippen molar-refractivity contribution >= 4 is 33.4 Å². The first-order valence-electron chi connectivity index (χ1n) is 13.5. The van der Waals surface area contributed by atoms with E-state index in [0.717, 1.165) is 16.5 Å². The Labute approximate surface area is 231 Å². The number of benzene rings is 4. The third kappa shape index (κ3) is 4.71. The molecule has 0 radical (unpaired) electrons. The van der Waals surface area contributed by atoms with Crippen molar-refractivity contribution in [1.29, 1.82) is 0 Å². The first kappa shape index (κ1) is 25.7. The Balaban J connectivity index is 1.26. The van der Waals surface area contributed by atoms with Gasteiger partial charge in [0.2, 0.25) is 0 Å². The smallest absolute Gasteiger partial charge is 0.319 e. The van der Waals surface area contributed by atoms with E-state index in [1.807, 2.05) is 79.4 Å². The molecule has 1 aromatic heterocycles. The standard InChI is InChI=1S/C32H30FN5O2/c1-21-20-36(18-19-37(21)32(40)35-28-13-7-9-23-8-3-4-10-26(23)28)22(2)30-34-29-12-6-5-11-27(29)31(39)38(30)25-16-14-24(33)15-17-25/h3-17,21-22H,18-20H2,1-2H3,(H,35,40). The number of piperazine rings is 1. The Kier molecular flexibility index (Phi) is 6.77. The van der Waals surface area contributed by atoms with E-state index in [2.05, 4.69) is 10.2 Å². The predicted molar refractivity (Wildman–Crippen MR) is 156 cm³/mol. The van der Waals surface area contributed by atoms with Crippen LogP contribution in [0.1, 0.15) is 25.7 Å². The Morgan fingerprint density at radius 3 is 2.40 bits per heavy atom. The number of aromatic nitrogens is 2. The number of nitrogens with zero attached hydrogens (tertiary/aromatic N) is 4. The van der Waals surface area contributed by atoms with E-state index in [-0.39, 0.29) is 29.5 Å². The summed E-state index contributed by atoms with van der Waals surface area (Å²) in [5, 5.41) is 5.68. The maximum absolute atomic E-state index is 13.7. The minimum Gasteiger partial charge on any atom is -0.319 e. The summed E-state index contributed by atoms with van der Waals surface area (Å²) in [4.78, 5) is 36.0. The van der Waals surface area contributed by atoms with E-state index in [0.29, 0.717) is 42.0 Å². The van der Waals surface area contributed by atoms with Crippen LogP contribution in [-0.2, 0) is 0 Å². The van der Waals surface area contributed by atoms with Crippen LogP contribution >= 0.6 is 0 Å². The number of para-hydroxylation sites is 1. The van der Waals surface area contributed by atoms with Crippen LogP contribution in [0.4, 0.5) is 14.9 Å². The quantitative estimate of drug-likeness (QED) is 0.308. The molecule has 0 spiro atoms. The molecule has 4 aromatic carbocycles. The molecule has 8 heteroatoms. The van der Waals surface area contributed by atoms with Gasteiger partial charge in [0.25, 0.3) is 5.56 Å². The highest BCUT2D eigenvalue weighted by Crippen LogP contribution is 2.27. The number of hydrogen-bond donors (Lipinski definition) is 1. The predicted octanol–water partition coefficient (Wildman–Crippen LogP) is 5.98. The minimum atomic E-state index is -0.369. The molecule has 5 aromatic rings. The minimum absolute atomic E-state index is 0.0716. The first-order chi connectivity index (χ1) is 19.4. The lowest BCUT2D eigenvalue weighted by Crippen LogP contribution is -2.55. The molecule has 1 aliphatic heterocycles. The van der Waals surface area contributed by atoms with Gasteiger partial charge in [-0.05, 0) is 61.7 Å². The third-order valence-corrected chi connectivity index (χ3v) is 7.76. The highest BCUT2D eigenvalue weighted by molar-refractivity contribution is 6.01. The first-order valence-corrected chi connectivity index (χ1v) is 13.5. The molecule has 202 valence electrons. The summed E-state index contributed by atoms with van der Waals surface area (Å²) in [6.07, 6.45) is 0. The van der Waals surface area contributed by atoms with Crippen molar-refractivity contribution in [1.82, 2.24) is 19.4 Å². The van der Waals surface area contributed by atoms with Crippen molar-refractivity contribution in [3.8, 4) is 5.69 Å². The van der Waals surface area contributed by atoms with Gasteiger partial charge in [-0.1, -0.05) is 48.5 Å². The molecule has 7 nitrogen and oxygen atoms in total. The Morgan fingerprint density at radius 1 is 0.925 bits per heavy atom. The average molecular weight is 536 g/mol. The van der Waals surface area contributed by atoms with Crippen molar-refractivity contribution in [2.24, 2.45) is 0 Å². The molecule has 0 saturated carbocycles. The van der Waals surface area contributed by atoms with Gasteiger partial charge in [-0.3, -0.25) is 14.3 Å². The number of nitrogens with one attached hydrogen (secondary N) is 1. The molecule has 2 amide bonds. The molecular weight excluding hydrogens is 505 g/mol. The number of halogens is 1. The topological polar surface area (TPSA) is 70.5 Å². The number of carbonyl (C=O) groups excluding carboxylic acids is 1. The summed E-state index contributed by atoms with van der Waals surface area (Å²) in [6, 6.07) is 26.6. The van der Waals surface area contributed by atoms with E-state index >= 15 is 0 Å². The Morgan fingerprint density at radius 2 is 1.62 bits per heavy atom. The van der Waals surface area contributed by atoms with Gasteiger partial charge in [0, 0.05) is 31.1 Å². The molecule has 2 heterocycles. The van der Waals surface area contributed by atoms with Gasteiger partial charge < -0.3 is 10.2 Å². The molecule has 40 heavy (non-hydrogen) atoms. The van der Waals surface area contributed by atoms with Crippen LogP contribution in [0.3, 0.4) is 0 Å². The Hall–Kier alpha value is -4.56. The van der Waals surface area contributed by atoms with Gasteiger partial charge in [0.05, 0.1) is 28.3 Å². The second kappa shape index (κ2) is 10.5. The van der Waals surface area contributed by atoms with Crippen LogP contribution in [0, 0.1) is 5.82 Å². The van der Waals surface area contributed by atoms with Crippen LogP contribution in [0.2, 0.25) is 0 Å². The van der Waals surface area contributed by atoms with Gasteiger partial charge in [-0.15, -0.1) is 0 Å². The van der Waals surface area contributed by atoms with Gasteiger partial charge >= 0.3 is 6.03 Å². The van der Waals surface area contributed by atoms with Gasteiger partial charge in [-0.2, -0.15) is 0 Å². The monoisotopic (exact) mass is 535 g/mol. The normalized spacial score (nSPS) is 16.8. The van der Waals surface area contributed by atoms with Crippen molar-refractivity contribution < 1.29 is 9.18 Å². The largest absolute Gasteiger partial charge is 0.322 e. The second-order valence-corrected chi connectivity index (χ2v) is 10.3. The van der Waals surface area contributed by atoms with E-state index < -0.39 is 0 Å². The number of hydrogen-bond acceptors (Lipinski definition) is 4. The van der Waals surface area contributed by atoms with Gasteiger partial charge in [0.15, 0.2) is 0 Å². The molecule has 0 aliphatic carbocycles. The molecular formula is C32H30FN5O2. The fourth-order valence-corrected chi connectivity index (χ4v) is 5.59. The van der Waals surface area contributed by atoms with Crippen LogP contribution in [0.5, 0.6) is 0 Å². The maximum Gasteiger partial charge on any atom is 0.322 e. The lowest BCUT2D eigenvalue weighted by Gasteiger charge is -2.42. The van der Waals surface area contributed by atoms with Crippen LogP contribution in [0.25, 0.3) is 27.4 Å². The summed E-state index contributed by atoms with van der Waals surface area (Å²) in [5.74, 6) is 0.211. The fourth-order valence-electron chi connectivity index (χ4n) is 5.59. The molecule has 2 unspecified atom stereocenters. The molecule has 6 rings (SSSR count). The van der Waals surface area contributed by atoms with E-state index in [4.69, 9.17) is 4.98 Å². The third-order valence-electron chi connectivity index (χ3n) is 7.76. The number of anilines is 1. The summed E-state index contributed by atoms with van der Waals surface area (Å²) in [6.45, 7) is 5.80. The van der Waals surface area contributed by atoms with Gasteiger partial charge in [-0.25, -0.2) is 14.2 Å². The van der Waals surface area contributed by atoms with E-state index in [1.54, 1.807) is 22.8 Å². The van der Waals surface area contributed by atoms with Crippen molar-refractivity contribution in [2.75, 3.05) is 25.0 Å². The lowest BCUT2D eigenvalue weighted by molar-refractivity contribution is 0.0801. The SMILES string of the molecule is CC(c1nc2ccccc2c(=O)n1-c1ccc(F)cc1)N1CCN(C(=O)Nc2cccc3ccccc23)C(C)C1. The van der Waals surface area contributed by atoms with Crippen molar-refractivity contribution in [2.45, 2.75) is 25.9 Å². The summed E-state index contributed by atoms with van der Waals surface area (Å²) < 4.78 is 15.3. The number of fused-ring (bicyclic) bond motifs is 2. The van der Waals surface area contributed by atoms with Crippen molar-refractivity contribution in [3.63, 3.8) is 0 Å². The molecule has 2 atom stereocenters. The molecule has 1 aliphatic rings.